The van der Waals surface area contributed by atoms with E-state index in [1.165, 1.54) is 9.46 Å². The Balaban J connectivity index is 1.61. The summed E-state index contributed by atoms with van der Waals surface area (Å²) in [5.74, 6) is 1.86. The van der Waals surface area contributed by atoms with Gasteiger partial charge in [-0.15, -0.1) is 11.8 Å². The number of thioether (sulfide) groups is 1. The second-order valence-corrected chi connectivity index (χ2v) is 5.67. The molecule has 0 saturated carbocycles. The highest BCUT2D eigenvalue weighted by Crippen LogP contribution is 2.29. The van der Waals surface area contributed by atoms with Gasteiger partial charge in [0.25, 0.3) is 0 Å². The summed E-state index contributed by atoms with van der Waals surface area (Å²) < 4.78 is 7.28. The van der Waals surface area contributed by atoms with Crippen LogP contribution in [0.3, 0.4) is 0 Å². The van der Waals surface area contributed by atoms with Crippen molar-refractivity contribution in [3.05, 3.63) is 64.9 Å². The van der Waals surface area contributed by atoms with Gasteiger partial charge in [0.1, 0.15) is 11.6 Å². The van der Waals surface area contributed by atoms with Crippen LogP contribution in [0.2, 0.25) is 0 Å². The Hall–Kier alpha value is -2.21. The Morgan fingerprint density at radius 1 is 1.33 bits per heavy atom. The monoisotopic (exact) mass is 301 g/mol. The van der Waals surface area contributed by atoms with Crippen LogP contribution in [-0.4, -0.2) is 15.3 Å². The molecule has 1 aliphatic rings. The zero-order valence-electron chi connectivity index (χ0n) is 11.3. The highest BCUT2D eigenvalue weighted by Gasteiger charge is 2.21. The molecule has 0 amide bonds. The van der Waals surface area contributed by atoms with E-state index < -0.39 is 0 Å². The average Bonchev–Trinajstić information content (AvgIpc) is 2.95. The Labute approximate surface area is 126 Å². The number of ether oxygens (including phenoxy) is 1. The third-order valence-corrected chi connectivity index (χ3v) is 4.16. The summed E-state index contributed by atoms with van der Waals surface area (Å²) in [7, 11) is 0. The molecule has 1 aliphatic heterocycles. The van der Waals surface area contributed by atoms with Gasteiger partial charge in [-0.1, -0.05) is 18.2 Å². The van der Waals surface area contributed by atoms with Crippen LogP contribution in [0.5, 0.6) is 0 Å². The molecule has 2 N–H and O–H groups in total. The molecule has 21 heavy (non-hydrogen) atoms. The molecule has 108 valence electrons. The van der Waals surface area contributed by atoms with Crippen molar-refractivity contribution in [2.45, 2.75) is 17.5 Å². The molecule has 0 fully saturated rings. The van der Waals surface area contributed by atoms with Crippen molar-refractivity contribution in [3.8, 4) is 0 Å². The summed E-state index contributed by atoms with van der Waals surface area (Å²) in [5.41, 5.74) is 5.10. The SMILES string of the molecule is Nc1ccn([C@H]2CC=C(CSc3ccccc3)O2)c(=O)n1. The van der Waals surface area contributed by atoms with E-state index in [2.05, 4.69) is 17.1 Å². The van der Waals surface area contributed by atoms with Gasteiger partial charge in [0.2, 0.25) is 0 Å². The Kier molecular flexibility index (Phi) is 3.96. The first kappa shape index (κ1) is 13.8. The number of hydrogen-bond acceptors (Lipinski definition) is 5. The standard InChI is InChI=1S/C15H15N3O2S/c16-13-8-9-18(15(19)17-13)14-7-6-11(20-14)10-21-12-4-2-1-3-5-12/h1-6,8-9,14H,7,10H2,(H2,16,17,19)/t14-/m1/s1. The zero-order valence-corrected chi connectivity index (χ0v) is 12.1. The first-order valence-electron chi connectivity index (χ1n) is 6.60. The van der Waals surface area contributed by atoms with Gasteiger partial charge in [-0.05, 0) is 24.3 Å². The average molecular weight is 301 g/mol. The number of hydrogen-bond donors (Lipinski definition) is 1. The number of anilines is 1. The highest BCUT2D eigenvalue weighted by atomic mass is 32.2. The molecule has 0 saturated heterocycles. The van der Waals surface area contributed by atoms with Gasteiger partial charge in [0, 0.05) is 17.5 Å². The maximum Gasteiger partial charge on any atom is 0.352 e. The van der Waals surface area contributed by atoms with Gasteiger partial charge in [-0.3, -0.25) is 4.57 Å². The second-order valence-electron chi connectivity index (χ2n) is 4.62. The van der Waals surface area contributed by atoms with E-state index in [1.54, 1.807) is 24.0 Å². The van der Waals surface area contributed by atoms with E-state index in [0.29, 0.717) is 6.42 Å². The normalized spacial score (nSPS) is 17.3. The van der Waals surface area contributed by atoms with E-state index in [1.807, 2.05) is 24.3 Å². The van der Waals surface area contributed by atoms with Crippen LogP contribution in [0.15, 0.2) is 64.1 Å². The van der Waals surface area contributed by atoms with Crippen LogP contribution in [0, 0.1) is 0 Å². The van der Waals surface area contributed by atoms with Crippen LogP contribution >= 0.6 is 11.8 Å². The maximum absolute atomic E-state index is 11.8. The summed E-state index contributed by atoms with van der Waals surface area (Å²) in [4.78, 5) is 16.7. The van der Waals surface area contributed by atoms with Crippen LogP contribution in [0.25, 0.3) is 0 Å². The fourth-order valence-electron chi connectivity index (χ4n) is 2.08. The van der Waals surface area contributed by atoms with Crippen LogP contribution < -0.4 is 11.4 Å². The van der Waals surface area contributed by atoms with Crippen LogP contribution in [0.1, 0.15) is 12.6 Å². The van der Waals surface area contributed by atoms with E-state index in [4.69, 9.17) is 10.5 Å². The molecule has 0 spiro atoms. The molecule has 6 heteroatoms. The Morgan fingerprint density at radius 3 is 2.90 bits per heavy atom. The molecular formula is C15H15N3O2S. The smallest absolute Gasteiger partial charge is 0.352 e. The molecular weight excluding hydrogens is 286 g/mol. The van der Waals surface area contributed by atoms with Gasteiger partial charge < -0.3 is 10.5 Å². The quantitative estimate of drug-likeness (QED) is 0.878. The molecule has 0 unspecified atom stereocenters. The summed E-state index contributed by atoms with van der Waals surface area (Å²) in [6, 6.07) is 11.7. The van der Waals surface area contributed by atoms with Gasteiger partial charge in [-0.25, -0.2) is 4.79 Å². The van der Waals surface area contributed by atoms with E-state index in [9.17, 15) is 4.79 Å². The van der Waals surface area contributed by atoms with Crippen molar-refractivity contribution in [1.82, 2.24) is 9.55 Å². The Bertz CT molecular complexity index is 712. The molecule has 0 radical (unpaired) electrons. The molecule has 0 bridgehead atoms. The number of rotatable bonds is 4. The molecule has 1 atom stereocenters. The molecule has 0 aliphatic carbocycles. The van der Waals surface area contributed by atoms with E-state index in [0.717, 1.165) is 11.5 Å². The van der Waals surface area contributed by atoms with Crippen molar-refractivity contribution in [1.29, 1.82) is 0 Å². The van der Waals surface area contributed by atoms with E-state index >= 15 is 0 Å². The molecule has 3 rings (SSSR count). The number of aromatic nitrogens is 2. The third-order valence-electron chi connectivity index (χ3n) is 3.12. The summed E-state index contributed by atoms with van der Waals surface area (Å²) in [5, 5.41) is 0. The molecule has 2 aromatic rings. The van der Waals surface area contributed by atoms with Gasteiger partial charge in [0.05, 0.1) is 5.75 Å². The van der Waals surface area contributed by atoms with Crippen molar-refractivity contribution in [3.63, 3.8) is 0 Å². The lowest BCUT2D eigenvalue weighted by Gasteiger charge is -2.15. The summed E-state index contributed by atoms with van der Waals surface area (Å²) in [6.07, 6.45) is 3.98. The fraction of sp³-hybridized carbons (Fsp3) is 0.200. The molecule has 1 aromatic heterocycles. The zero-order chi connectivity index (χ0) is 14.7. The molecule has 1 aromatic carbocycles. The fourth-order valence-corrected chi connectivity index (χ4v) is 2.93. The van der Waals surface area contributed by atoms with Crippen molar-refractivity contribution in [2.75, 3.05) is 11.5 Å². The first-order valence-corrected chi connectivity index (χ1v) is 7.59. The largest absolute Gasteiger partial charge is 0.473 e. The van der Waals surface area contributed by atoms with Crippen molar-refractivity contribution < 1.29 is 4.74 Å². The molecule has 2 heterocycles. The number of nitrogens with two attached hydrogens (primary N) is 1. The lowest BCUT2D eigenvalue weighted by Crippen LogP contribution is -2.27. The summed E-state index contributed by atoms with van der Waals surface area (Å²) >= 11 is 1.71. The third kappa shape index (κ3) is 3.28. The van der Waals surface area contributed by atoms with Crippen LogP contribution in [-0.2, 0) is 4.74 Å². The van der Waals surface area contributed by atoms with Crippen molar-refractivity contribution in [2.24, 2.45) is 0 Å². The summed E-state index contributed by atoms with van der Waals surface area (Å²) in [6.45, 7) is 0. The number of nitrogen functional groups attached to an aromatic ring is 1. The number of nitrogens with zero attached hydrogens (tertiary/aromatic N) is 2. The van der Waals surface area contributed by atoms with Gasteiger partial charge in [0.15, 0.2) is 6.23 Å². The number of benzene rings is 1. The topological polar surface area (TPSA) is 70.1 Å². The minimum absolute atomic E-state index is 0.224. The maximum atomic E-state index is 11.8. The Morgan fingerprint density at radius 2 is 2.14 bits per heavy atom. The lowest BCUT2D eigenvalue weighted by molar-refractivity contribution is 0.0804. The first-order chi connectivity index (χ1) is 10.2. The van der Waals surface area contributed by atoms with Crippen molar-refractivity contribution >= 4 is 17.6 Å². The lowest BCUT2D eigenvalue weighted by atomic mass is 10.4. The van der Waals surface area contributed by atoms with Gasteiger partial charge >= 0.3 is 5.69 Å². The molecule has 5 nitrogen and oxygen atoms in total. The van der Waals surface area contributed by atoms with Crippen LogP contribution in [0.4, 0.5) is 5.82 Å². The highest BCUT2D eigenvalue weighted by molar-refractivity contribution is 7.99. The van der Waals surface area contributed by atoms with E-state index in [-0.39, 0.29) is 17.7 Å². The predicted octanol–water partition coefficient (Wildman–Crippen LogP) is 2.42. The second kappa shape index (κ2) is 6.05. The predicted molar refractivity (Wildman–Crippen MR) is 82.9 cm³/mol. The van der Waals surface area contributed by atoms with Gasteiger partial charge in [-0.2, -0.15) is 4.98 Å². The minimum atomic E-state index is -0.384. The minimum Gasteiger partial charge on any atom is -0.473 e.